The highest BCUT2D eigenvalue weighted by molar-refractivity contribution is 5.94. The molecule has 0 aliphatic heterocycles. The third kappa shape index (κ3) is 3.58. The summed E-state index contributed by atoms with van der Waals surface area (Å²) in [5.74, 6) is 0.0287. The van der Waals surface area contributed by atoms with Gasteiger partial charge >= 0.3 is 0 Å². The molecule has 4 rings (SSSR count). The summed E-state index contributed by atoms with van der Waals surface area (Å²) in [7, 11) is 0. The Bertz CT molecular complexity index is 794. The van der Waals surface area contributed by atoms with Crippen molar-refractivity contribution in [1.29, 1.82) is 0 Å². The highest BCUT2D eigenvalue weighted by atomic mass is 16.2. The number of hydrogen-bond acceptors (Lipinski definition) is 2. The minimum Gasteiger partial charge on any atom is -0.351 e. The van der Waals surface area contributed by atoms with Gasteiger partial charge in [0.15, 0.2) is 0 Å². The molecule has 4 nitrogen and oxygen atoms in total. The van der Waals surface area contributed by atoms with Crippen LogP contribution in [-0.4, -0.2) is 17.9 Å². The molecule has 0 aromatic heterocycles. The van der Waals surface area contributed by atoms with Crippen LogP contribution in [0, 0.1) is 0 Å². The second kappa shape index (κ2) is 6.71. The lowest BCUT2D eigenvalue weighted by molar-refractivity contribution is -0.122. The maximum Gasteiger partial charge on any atom is 0.251 e. The summed E-state index contributed by atoms with van der Waals surface area (Å²) < 4.78 is 0. The number of amides is 2. The van der Waals surface area contributed by atoms with Gasteiger partial charge in [-0.1, -0.05) is 36.4 Å². The Morgan fingerprint density at radius 3 is 2.48 bits per heavy atom. The van der Waals surface area contributed by atoms with Crippen LogP contribution in [0.4, 0.5) is 0 Å². The summed E-state index contributed by atoms with van der Waals surface area (Å²) in [5.41, 5.74) is 4.12. The number of aryl methyl sites for hydroxylation is 1. The molecule has 1 fully saturated rings. The molecule has 0 radical (unpaired) electrons. The van der Waals surface area contributed by atoms with Crippen molar-refractivity contribution in [1.82, 2.24) is 10.6 Å². The van der Waals surface area contributed by atoms with Crippen LogP contribution in [0.2, 0.25) is 0 Å². The molecule has 0 bridgehead atoms. The predicted octanol–water partition coefficient (Wildman–Crippen LogP) is 2.93. The van der Waals surface area contributed by atoms with Crippen LogP contribution >= 0.6 is 0 Å². The van der Waals surface area contributed by atoms with E-state index in [1.807, 2.05) is 36.4 Å². The van der Waals surface area contributed by atoms with Crippen molar-refractivity contribution in [2.45, 2.75) is 44.2 Å². The molecule has 1 saturated carbocycles. The zero-order valence-electron chi connectivity index (χ0n) is 14.1. The maximum absolute atomic E-state index is 12.5. The first-order valence-electron chi connectivity index (χ1n) is 8.96. The van der Waals surface area contributed by atoms with E-state index in [-0.39, 0.29) is 17.7 Å². The van der Waals surface area contributed by atoms with Gasteiger partial charge in [-0.2, -0.15) is 0 Å². The number of carbonyl (C=O) groups excluding carboxylic acids is 2. The third-order valence-electron chi connectivity index (χ3n) is 5.04. The van der Waals surface area contributed by atoms with Crippen molar-refractivity contribution in [3.8, 4) is 0 Å². The van der Waals surface area contributed by atoms with Crippen LogP contribution in [0.5, 0.6) is 0 Å². The summed E-state index contributed by atoms with van der Waals surface area (Å²) in [5, 5.41) is 6.01. The van der Waals surface area contributed by atoms with Crippen LogP contribution in [0.25, 0.3) is 0 Å². The van der Waals surface area contributed by atoms with E-state index in [0.717, 1.165) is 36.8 Å². The molecular weight excluding hydrogens is 312 g/mol. The Balaban J connectivity index is 1.33. The molecule has 4 heteroatoms. The average Bonchev–Trinajstić information content (AvgIpc) is 3.35. The molecule has 2 aliphatic carbocycles. The fourth-order valence-corrected chi connectivity index (χ4v) is 3.41. The number of rotatable bonds is 5. The SMILES string of the molecule is O=C(NC1CC1)c1ccc(CNC(=O)[C@H]2CCc3ccccc32)cc1. The molecule has 0 unspecified atom stereocenters. The molecule has 0 saturated heterocycles. The van der Waals surface area contributed by atoms with Gasteiger partial charge in [0.1, 0.15) is 0 Å². The molecule has 2 aromatic rings. The standard InChI is InChI=1S/C21H22N2O2/c24-20(23-17-10-11-17)16-7-5-14(6-8-16)13-22-21(25)19-12-9-15-3-1-2-4-18(15)19/h1-8,17,19H,9-13H2,(H,22,25)(H,23,24)/t19-/m0/s1. The van der Waals surface area contributed by atoms with Crippen LogP contribution in [0.15, 0.2) is 48.5 Å². The molecule has 0 spiro atoms. The smallest absolute Gasteiger partial charge is 0.251 e. The molecule has 1 atom stereocenters. The maximum atomic E-state index is 12.5. The van der Waals surface area contributed by atoms with E-state index in [2.05, 4.69) is 22.8 Å². The lowest BCUT2D eigenvalue weighted by Crippen LogP contribution is -2.28. The van der Waals surface area contributed by atoms with Crippen LogP contribution < -0.4 is 10.6 Å². The normalized spacial score (nSPS) is 18.5. The lowest BCUT2D eigenvalue weighted by Gasteiger charge is -2.12. The Kier molecular flexibility index (Phi) is 4.26. The van der Waals surface area contributed by atoms with Crippen molar-refractivity contribution in [3.05, 3.63) is 70.8 Å². The van der Waals surface area contributed by atoms with Crippen LogP contribution in [0.1, 0.15) is 52.2 Å². The van der Waals surface area contributed by atoms with Crippen molar-refractivity contribution < 1.29 is 9.59 Å². The van der Waals surface area contributed by atoms with E-state index in [9.17, 15) is 9.59 Å². The first-order chi connectivity index (χ1) is 12.2. The highest BCUT2D eigenvalue weighted by Gasteiger charge is 2.28. The number of fused-ring (bicyclic) bond motifs is 1. The summed E-state index contributed by atoms with van der Waals surface area (Å²) in [6.07, 6.45) is 4.02. The second-order valence-corrected chi connectivity index (χ2v) is 6.95. The first kappa shape index (κ1) is 15.9. The second-order valence-electron chi connectivity index (χ2n) is 6.95. The van der Waals surface area contributed by atoms with Gasteiger partial charge in [-0.25, -0.2) is 0 Å². The van der Waals surface area contributed by atoms with Gasteiger partial charge in [0.2, 0.25) is 5.91 Å². The molecule has 128 valence electrons. The summed E-state index contributed by atoms with van der Waals surface area (Å²) in [4.78, 5) is 24.5. The molecule has 25 heavy (non-hydrogen) atoms. The quantitative estimate of drug-likeness (QED) is 0.883. The van der Waals surface area contributed by atoms with E-state index in [1.54, 1.807) is 0 Å². The average molecular weight is 334 g/mol. The van der Waals surface area contributed by atoms with E-state index in [1.165, 1.54) is 5.56 Å². The van der Waals surface area contributed by atoms with Crippen molar-refractivity contribution >= 4 is 11.8 Å². The number of carbonyl (C=O) groups is 2. The first-order valence-corrected chi connectivity index (χ1v) is 8.96. The summed E-state index contributed by atoms with van der Waals surface area (Å²) >= 11 is 0. The number of hydrogen-bond donors (Lipinski definition) is 2. The molecule has 0 heterocycles. The molecule has 2 aromatic carbocycles. The van der Waals surface area contributed by atoms with Gasteiger partial charge in [0, 0.05) is 18.2 Å². The summed E-state index contributed by atoms with van der Waals surface area (Å²) in [6, 6.07) is 16.0. The zero-order chi connectivity index (χ0) is 17.2. The van der Waals surface area contributed by atoms with Crippen LogP contribution in [-0.2, 0) is 17.8 Å². The Morgan fingerprint density at radius 1 is 0.960 bits per heavy atom. The third-order valence-corrected chi connectivity index (χ3v) is 5.04. The van der Waals surface area contributed by atoms with Gasteiger partial charge in [-0.15, -0.1) is 0 Å². The fraction of sp³-hybridized carbons (Fsp3) is 0.333. The van der Waals surface area contributed by atoms with Crippen LogP contribution in [0.3, 0.4) is 0 Å². The van der Waals surface area contributed by atoms with Gasteiger partial charge < -0.3 is 10.6 Å². The molecule has 2 N–H and O–H groups in total. The van der Waals surface area contributed by atoms with Gasteiger partial charge in [-0.3, -0.25) is 9.59 Å². The fourth-order valence-electron chi connectivity index (χ4n) is 3.41. The zero-order valence-corrected chi connectivity index (χ0v) is 14.1. The monoisotopic (exact) mass is 334 g/mol. The Hall–Kier alpha value is -2.62. The Morgan fingerprint density at radius 2 is 1.72 bits per heavy atom. The van der Waals surface area contributed by atoms with E-state index < -0.39 is 0 Å². The van der Waals surface area contributed by atoms with E-state index >= 15 is 0 Å². The van der Waals surface area contributed by atoms with Crippen molar-refractivity contribution in [2.24, 2.45) is 0 Å². The topological polar surface area (TPSA) is 58.2 Å². The lowest BCUT2D eigenvalue weighted by atomic mass is 10.0. The molecule has 2 amide bonds. The van der Waals surface area contributed by atoms with Crippen molar-refractivity contribution in [3.63, 3.8) is 0 Å². The van der Waals surface area contributed by atoms with Gasteiger partial charge in [-0.05, 0) is 54.5 Å². The van der Waals surface area contributed by atoms with E-state index in [0.29, 0.717) is 18.2 Å². The van der Waals surface area contributed by atoms with E-state index in [4.69, 9.17) is 0 Å². The number of nitrogens with one attached hydrogen (secondary N) is 2. The molecular formula is C21H22N2O2. The minimum atomic E-state index is -0.0419. The summed E-state index contributed by atoms with van der Waals surface area (Å²) in [6.45, 7) is 0.488. The Labute approximate surface area is 147 Å². The van der Waals surface area contributed by atoms with Gasteiger partial charge in [0.05, 0.1) is 5.92 Å². The minimum absolute atomic E-state index is 0.0133. The largest absolute Gasteiger partial charge is 0.351 e. The molecule has 2 aliphatic rings. The predicted molar refractivity (Wildman–Crippen MR) is 96.3 cm³/mol. The number of benzene rings is 2. The van der Waals surface area contributed by atoms with Crippen molar-refractivity contribution in [2.75, 3.05) is 0 Å². The van der Waals surface area contributed by atoms with Gasteiger partial charge in [0.25, 0.3) is 5.91 Å². The highest BCUT2D eigenvalue weighted by Crippen LogP contribution is 2.32.